The molecule has 0 aliphatic heterocycles. The molecule has 0 spiro atoms. The van der Waals surface area contributed by atoms with E-state index in [1.165, 1.54) is 0 Å². The molecule has 0 atom stereocenters. The van der Waals surface area contributed by atoms with E-state index in [1.54, 1.807) is 0 Å². The summed E-state index contributed by atoms with van der Waals surface area (Å²) in [5, 5.41) is 3.69. The molecule has 0 aliphatic carbocycles. The highest BCUT2D eigenvalue weighted by molar-refractivity contribution is 6.03. The summed E-state index contributed by atoms with van der Waals surface area (Å²) in [6.45, 7) is -2.09. The molecule has 0 aliphatic rings. The number of anilines is 1. The number of halogens is 3. The minimum absolute atomic E-state index is 0.241. The maximum Gasteiger partial charge on any atom is 0.411 e. The van der Waals surface area contributed by atoms with Crippen LogP contribution in [0, 0.1) is 0 Å². The van der Waals surface area contributed by atoms with Crippen molar-refractivity contribution in [1.29, 1.82) is 0 Å². The first-order valence-electron chi connectivity index (χ1n) is 5.56. The van der Waals surface area contributed by atoms with Crippen LogP contribution in [0.5, 0.6) is 0 Å². The molecule has 0 unspecified atom stereocenters. The molecule has 0 radical (unpaired) electrons. The van der Waals surface area contributed by atoms with Crippen molar-refractivity contribution in [2.75, 3.05) is 26.1 Å². The second-order valence-corrected chi connectivity index (χ2v) is 3.86. The van der Waals surface area contributed by atoms with Gasteiger partial charge >= 0.3 is 12.1 Å². The van der Waals surface area contributed by atoms with Crippen molar-refractivity contribution in [2.45, 2.75) is 12.7 Å². The summed E-state index contributed by atoms with van der Waals surface area (Å²) < 4.78 is 45.4. The van der Waals surface area contributed by atoms with Crippen LogP contribution in [0.15, 0.2) is 0 Å². The number of alkyl halides is 3. The third-order valence-electron chi connectivity index (χ3n) is 2.31. The lowest BCUT2D eigenvalue weighted by molar-refractivity contribution is -0.174. The Morgan fingerprint density at radius 2 is 2.00 bits per heavy atom. The Balaban J connectivity index is 2.86. The molecule has 0 aromatic carbocycles. The van der Waals surface area contributed by atoms with Crippen LogP contribution >= 0.6 is 0 Å². The van der Waals surface area contributed by atoms with Crippen LogP contribution in [0.2, 0.25) is 0 Å². The van der Waals surface area contributed by atoms with Crippen molar-refractivity contribution < 1.29 is 32.2 Å². The minimum Gasteiger partial charge on any atom is -0.464 e. The lowest BCUT2D eigenvalue weighted by Gasteiger charge is -2.08. The van der Waals surface area contributed by atoms with E-state index in [2.05, 4.69) is 14.6 Å². The number of nitrogen functional groups attached to an aromatic ring is 1. The number of ether oxygens (including phenoxy) is 2. The first-order valence-corrected chi connectivity index (χ1v) is 5.56. The van der Waals surface area contributed by atoms with Crippen LogP contribution in [0.25, 0.3) is 0 Å². The number of rotatable bonds is 6. The van der Waals surface area contributed by atoms with Gasteiger partial charge in [0.15, 0.2) is 5.69 Å². The average molecular weight is 310 g/mol. The zero-order valence-corrected chi connectivity index (χ0v) is 10.9. The van der Waals surface area contributed by atoms with Gasteiger partial charge < -0.3 is 20.9 Å². The molecule has 8 nitrogen and oxygen atoms in total. The zero-order chi connectivity index (χ0) is 16.2. The van der Waals surface area contributed by atoms with E-state index in [1.807, 2.05) is 0 Å². The predicted octanol–water partition coefficient (Wildman–Crippen LogP) is -0.0703. The maximum absolute atomic E-state index is 11.9. The number of nitrogens with zero attached hydrogens (tertiary/aromatic N) is 2. The monoisotopic (exact) mass is 310 g/mol. The molecule has 0 bridgehead atoms. The van der Waals surface area contributed by atoms with Crippen LogP contribution < -0.4 is 11.5 Å². The van der Waals surface area contributed by atoms with Gasteiger partial charge in [0.1, 0.15) is 12.3 Å². The van der Waals surface area contributed by atoms with Gasteiger partial charge in [0, 0.05) is 0 Å². The number of carbonyl (C=O) groups excluding carboxylic acids is 2. The number of hydrogen-bond donors (Lipinski definition) is 2. The summed E-state index contributed by atoms with van der Waals surface area (Å²) in [4.78, 5) is 22.6. The summed E-state index contributed by atoms with van der Waals surface area (Å²) in [5.74, 6) is -1.88. The van der Waals surface area contributed by atoms with Gasteiger partial charge in [0.2, 0.25) is 0 Å². The SMILES string of the molecule is COC(=O)c1nn(CCOCC(F)(F)F)c(C(N)=O)c1N. The van der Waals surface area contributed by atoms with Crippen LogP contribution in [-0.4, -0.2) is 48.2 Å². The van der Waals surface area contributed by atoms with Crippen molar-refractivity contribution in [2.24, 2.45) is 5.73 Å². The normalized spacial score (nSPS) is 11.4. The fraction of sp³-hybridized carbons (Fsp3) is 0.500. The Labute approximate surface area is 116 Å². The smallest absolute Gasteiger partial charge is 0.411 e. The van der Waals surface area contributed by atoms with Crippen molar-refractivity contribution in [3.05, 3.63) is 11.4 Å². The number of esters is 1. The van der Waals surface area contributed by atoms with Gasteiger partial charge in [0.05, 0.1) is 25.9 Å². The van der Waals surface area contributed by atoms with Gasteiger partial charge in [-0.2, -0.15) is 18.3 Å². The van der Waals surface area contributed by atoms with Gasteiger partial charge in [-0.3, -0.25) is 9.48 Å². The summed E-state index contributed by atoms with van der Waals surface area (Å²) in [5.41, 5.74) is 9.69. The molecule has 118 valence electrons. The van der Waals surface area contributed by atoms with Crippen molar-refractivity contribution >= 4 is 17.6 Å². The van der Waals surface area contributed by atoms with E-state index < -0.39 is 31.3 Å². The first kappa shape index (κ1) is 16.8. The quantitative estimate of drug-likeness (QED) is 0.560. The van der Waals surface area contributed by atoms with Gasteiger partial charge in [-0.25, -0.2) is 4.79 Å². The Hall–Kier alpha value is -2.30. The fourth-order valence-electron chi connectivity index (χ4n) is 1.48. The van der Waals surface area contributed by atoms with E-state index in [9.17, 15) is 22.8 Å². The molecule has 1 amide bonds. The fourth-order valence-corrected chi connectivity index (χ4v) is 1.48. The van der Waals surface area contributed by atoms with E-state index in [-0.39, 0.29) is 23.6 Å². The van der Waals surface area contributed by atoms with E-state index in [4.69, 9.17) is 11.5 Å². The van der Waals surface area contributed by atoms with Crippen molar-refractivity contribution in [3.8, 4) is 0 Å². The molecule has 0 fully saturated rings. The van der Waals surface area contributed by atoms with Gasteiger partial charge in [-0.05, 0) is 0 Å². The van der Waals surface area contributed by atoms with E-state index >= 15 is 0 Å². The maximum atomic E-state index is 11.9. The Kier molecular flexibility index (Phi) is 5.13. The zero-order valence-electron chi connectivity index (χ0n) is 10.9. The highest BCUT2D eigenvalue weighted by Gasteiger charge is 2.28. The number of methoxy groups -OCH3 is 1. The molecular formula is C10H13F3N4O4. The first-order chi connectivity index (χ1) is 9.67. The molecule has 21 heavy (non-hydrogen) atoms. The average Bonchev–Trinajstić information content (AvgIpc) is 2.69. The highest BCUT2D eigenvalue weighted by atomic mass is 19.4. The number of primary amides is 1. The summed E-state index contributed by atoms with van der Waals surface area (Å²) in [6, 6.07) is 0. The summed E-state index contributed by atoms with van der Waals surface area (Å²) in [6.07, 6.45) is -4.47. The Morgan fingerprint density at radius 1 is 1.38 bits per heavy atom. The van der Waals surface area contributed by atoms with Crippen molar-refractivity contribution in [3.63, 3.8) is 0 Å². The Bertz CT molecular complexity index is 541. The number of carbonyl (C=O) groups is 2. The van der Waals surface area contributed by atoms with Crippen LogP contribution in [0.1, 0.15) is 21.0 Å². The minimum atomic E-state index is -4.47. The van der Waals surface area contributed by atoms with Crippen LogP contribution in [0.4, 0.5) is 18.9 Å². The second kappa shape index (κ2) is 6.43. The summed E-state index contributed by atoms with van der Waals surface area (Å²) >= 11 is 0. The molecule has 1 rings (SSSR count). The lowest BCUT2D eigenvalue weighted by Crippen LogP contribution is -2.23. The third kappa shape index (κ3) is 4.34. The van der Waals surface area contributed by atoms with Gasteiger partial charge in [0.25, 0.3) is 5.91 Å². The highest BCUT2D eigenvalue weighted by Crippen LogP contribution is 2.18. The molecule has 0 saturated heterocycles. The number of aromatic nitrogens is 2. The predicted molar refractivity (Wildman–Crippen MR) is 63.4 cm³/mol. The number of hydrogen-bond acceptors (Lipinski definition) is 6. The van der Waals surface area contributed by atoms with Crippen LogP contribution in [0.3, 0.4) is 0 Å². The molecule has 4 N–H and O–H groups in total. The molecule has 1 heterocycles. The molecule has 11 heteroatoms. The largest absolute Gasteiger partial charge is 0.464 e. The van der Waals surface area contributed by atoms with E-state index in [0.29, 0.717) is 0 Å². The number of amides is 1. The molecule has 1 aromatic rings. The lowest BCUT2D eigenvalue weighted by atomic mass is 10.3. The van der Waals surface area contributed by atoms with Gasteiger partial charge in [-0.1, -0.05) is 0 Å². The molecule has 1 aromatic heterocycles. The third-order valence-corrected chi connectivity index (χ3v) is 2.31. The molecule has 0 saturated carbocycles. The van der Waals surface area contributed by atoms with Gasteiger partial charge in [-0.15, -0.1) is 0 Å². The van der Waals surface area contributed by atoms with Crippen LogP contribution in [-0.2, 0) is 16.0 Å². The summed E-state index contributed by atoms with van der Waals surface area (Å²) in [7, 11) is 1.08. The van der Waals surface area contributed by atoms with E-state index in [0.717, 1.165) is 11.8 Å². The molecular weight excluding hydrogens is 297 g/mol. The van der Waals surface area contributed by atoms with Crippen molar-refractivity contribution in [1.82, 2.24) is 9.78 Å². The standard InChI is InChI=1S/C10H13F3N4O4/c1-20-9(19)6-5(14)7(8(15)18)17(16-6)2-3-21-4-10(11,12)13/h2-4,14H2,1H3,(H2,15,18). The number of nitrogens with two attached hydrogens (primary N) is 2. The Morgan fingerprint density at radius 3 is 2.48 bits per heavy atom. The second-order valence-electron chi connectivity index (χ2n) is 3.86. The topological polar surface area (TPSA) is 122 Å².